The van der Waals surface area contributed by atoms with Gasteiger partial charge >= 0.3 is 0 Å². The highest BCUT2D eigenvalue weighted by Crippen LogP contribution is 2.32. The second-order valence-corrected chi connectivity index (χ2v) is 8.27. The lowest BCUT2D eigenvalue weighted by molar-refractivity contribution is 0.0958. The maximum atomic E-state index is 12.4. The Bertz CT molecular complexity index is 657. The number of hydrogen-bond acceptors (Lipinski definition) is 3. The number of hydrogen-bond donors (Lipinski definition) is 1. The van der Waals surface area contributed by atoms with E-state index in [0.29, 0.717) is 0 Å². The molecule has 2 aliphatic rings. The molecule has 3 rings (SSSR count). The van der Waals surface area contributed by atoms with Gasteiger partial charge in [0.1, 0.15) is 0 Å². The number of allylic oxidation sites excluding steroid dienone is 2. The molecule has 0 fully saturated rings. The molecule has 0 spiro atoms. The highest BCUT2D eigenvalue weighted by Gasteiger charge is 2.21. The molecule has 1 heterocycles. The zero-order valence-corrected chi connectivity index (χ0v) is 15.7. The van der Waals surface area contributed by atoms with Gasteiger partial charge in [-0.05, 0) is 68.1 Å². The number of carbonyl (C=O) groups is 1. The Morgan fingerprint density at radius 1 is 1.38 bits per heavy atom. The Kier molecular flexibility index (Phi) is 5.88. The molecule has 1 aromatic heterocycles. The van der Waals surface area contributed by atoms with Gasteiger partial charge in [-0.25, -0.2) is 5.43 Å². The van der Waals surface area contributed by atoms with E-state index in [1.807, 2.05) is 0 Å². The van der Waals surface area contributed by atoms with Crippen LogP contribution in [0.5, 0.6) is 0 Å². The standard InChI is InChI=1S/C20H28N2OS/c1-3-4-5-7-15-8-6-9-17(15)21-22-20(23)19-13-16-12-14(2)10-11-18(16)24-19/h8,13-14H,3-7,9-12H2,1-2H3,(H,22,23). The lowest BCUT2D eigenvalue weighted by Crippen LogP contribution is -2.18. The second-order valence-electron chi connectivity index (χ2n) is 7.13. The second kappa shape index (κ2) is 8.11. The average Bonchev–Trinajstić information content (AvgIpc) is 3.19. The Morgan fingerprint density at radius 2 is 2.25 bits per heavy atom. The van der Waals surface area contributed by atoms with E-state index in [0.717, 1.165) is 48.6 Å². The van der Waals surface area contributed by atoms with Gasteiger partial charge in [-0.3, -0.25) is 4.79 Å². The zero-order valence-electron chi connectivity index (χ0n) is 14.9. The monoisotopic (exact) mass is 344 g/mol. The molecule has 1 amide bonds. The molecule has 0 aliphatic heterocycles. The van der Waals surface area contributed by atoms with E-state index in [4.69, 9.17) is 0 Å². The van der Waals surface area contributed by atoms with Crippen LogP contribution in [-0.4, -0.2) is 11.6 Å². The van der Waals surface area contributed by atoms with Gasteiger partial charge in [0.15, 0.2) is 0 Å². The van der Waals surface area contributed by atoms with Crippen molar-refractivity contribution in [2.75, 3.05) is 0 Å². The fraction of sp³-hybridized carbons (Fsp3) is 0.600. The summed E-state index contributed by atoms with van der Waals surface area (Å²) in [4.78, 5) is 14.6. The molecule has 0 aromatic carbocycles. The Labute approximate surface area is 149 Å². The van der Waals surface area contributed by atoms with Gasteiger partial charge in [0.05, 0.1) is 10.6 Å². The van der Waals surface area contributed by atoms with Crippen molar-refractivity contribution in [3.05, 3.63) is 33.0 Å². The van der Waals surface area contributed by atoms with E-state index in [1.54, 1.807) is 11.3 Å². The number of unbranched alkanes of at least 4 members (excludes halogenated alkanes) is 2. The van der Waals surface area contributed by atoms with Crippen molar-refractivity contribution >= 4 is 23.0 Å². The molecule has 130 valence electrons. The third kappa shape index (κ3) is 4.15. The SMILES string of the molecule is CCCCCC1=CCCC1=NNC(=O)c1cc2c(s1)CCC(C)C2. The molecule has 0 saturated carbocycles. The molecule has 0 saturated heterocycles. The predicted molar refractivity (Wildman–Crippen MR) is 102 cm³/mol. The fourth-order valence-corrected chi connectivity index (χ4v) is 4.69. The molecule has 3 nitrogen and oxygen atoms in total. The van der Waals surface area contributed by atoms with Gasteiger partial charge in [0, 0.05) is 4.88 Å². The molecular weight excluding hydrogens is 316 g/mol. The van der Waals surface area contributed by atoms with Crippen molar-refractivity contribution in [2.45, 2.75) is 71.6 Å². The Morgan fingerprint density at radius 3 is 3.08 bits per heavy atom. The first-order valence-corrected chi connectivity index (χ1v) is 10.2. The van der Waals surface area contributed by atoms with E-state index in [9.17, 15) is 4.79 Å². The summed E-state index contributed by atoms with van der Waals surface area (Å²) in [5, 5.41) is 4.44. The Balaban J connectivity index is 1.60. The number of amides is 1. The molecule has 1 aromatic rings. The lowest BCUT2D eigenvalue weighted by Gasteiger charge is -2.16. The molecule has 0 bridgehead atoms. The Hall–Kier alpha value is -1.42. The quantitative estimate of drug-likeness (QED) is 0.555. The van der Waals surface area contributed by atoms with E-state index in [1.165, 1.54) is 41.7 Å². The van der Waals surface area contributed by atoms with Crippen LogP contribution in [0, 0.1) is 5.92 Å². The minimum Gasteiger partial charge on any atom is -0.266 e. The van der Waals surface area contributed by atoms with Gasteiger partial charge in [-0.1, -0.05) is 32.8 Å². The first-order valence-electron chi connectivity index (χ1n) is 9.35. The van der Waals surface area contributed by atoms with Gasteiger partial charge < -0.3 is 0 Å². The first-order chi connectivity index (χ1) is 11.7. The lowest BCUT2D eigenvalue weighted by atomic mass is 9.90. The third-order valence-corrected chi connectivity index (χ3v) is 6.27. The van der Waals surface area contributed by atoms with Crippen LogP contribution in [0.2, 0.25) is 0 Å². The summed E-state index contributed by atoms with van der Waals surface area (Å²) in [5.74, 6) is 0.687. The van der Waals surface area contributed by atoms with Gasteiger partial charge in [-0.2, -0.15) is 5.10 Å². The summed E-state index contributed by atoms with van der Waals surface area (Å²) < 4.78 is 0. The van der Waals surface area contributed by atoms with Crippen molar-refractivity contribution in [3.63, 3.8) is 0 Å². The molecule has 4 heteroatoms. The van der Waals surface area contributed by atoms with Crippen molar-refractivity contribution in [2.24, 2.45) is 11.0 Å². The number of nitrogens with zero attached hydrogens (tertiary/aromatic N) is 1. The van der Waals surface area contributed by atoms with Crippen molar-refractivity contribution in [1.29, 1.82) is 0 Å². The smallest absolute Gasteiger partial charge is 0.266 e. The molecule has 2 aliphatic carbocycles. The highest BCUT2D eigenvalue weighted by molar-refractivity contribution is 7.14. The van der Waals surface area contributed by atoms with Gasteiger partial charge in [0.2, 0.25) is 0 Å². The number of rotatable bonds is 6. The number of fused-ring (bicyclic) bond motifs is 1. The van der Waals surface area contributed by atoms with Gasteiger partial charge in [-0.15, -0.1) is 11.3 Å². The predicted octanol–water partition coefficient (Wildman–Crippen LogP) is 5.26. The van der Waals surface area contributed by atoms with Crippen LogP contribution < -0.4 is 5.43 Å². The number of hydrazone groups is 1. The molecule has 1 atom stereocenters. The maximum Gasteiger partial charge on any atom is 0.281 e. The van der Waals surface area contributed by atoms with E-state index in [2.05, 4.69) is 36.5 Å². The molecule has 1 N–H and O–H groups in total. The zero-order chi connectivity index (χ0) is 16.9. The average molecular weight is 345 g/mol. The summed E-state index contributed by atoms with van der Waals surface area (Å²) in [5.41, 5.74) is 6.59. The topological polar surface area (TPSA) is 41.5 Å². The van der Waals surface area contributed by atoms with E-state index < -0.39 is 0 Å². The van der Waals surface area contributed by atoms with Crippen molar-refractivity contribution < 1.29 is 4.79 Å². The summed E-state index contributed by atoms with van der Waals surface area (Å²) in [6.07, 6.45) is 12.6. The largest absolute Gasteiger partial charge is 0.281 e. The van der Waals surface area contributed by atoms with Crippen LogP contribution >= 0.6 is 11.3 Å². The normalized spacial score (nSPS) is 21.7. The van der Waals surface area contributed by atoms with Crippen molar-refractivity contribution in [1.82, 2.24) is 5.43 Å². The van der Waals surface area contributed by atoms with Crippen LogP contribution in [0.4, 0.5) is 0 Å². The maximum absolute atomic E-state index is 12.4. The summed E-state index contributed by atoms with van der Waals surface area (Å²) in [6, 6.07) is 2.08. The van der Waals surface area contributed by atoms with Crippen LogP contribution in [0.15, 0.2) is 22.8 Å². The van der Waals surface area contributed by atoms with Crippen LogP contribution in [0.1, 0.15) is 78.9 Å². The number of aryl methyl sites for hydroxylation is 1. The summed E-state index contributed by atoms with van der Waals surface area (Å²) in [7, 11) is 0. The fourth-order valence-electron chi connectivity index (χ4n) is 3.59. The molecule has 0 radical (unpaired) electrons. The summed E-state index contributed by atoms with van der Waals surface area (Å²) in [6.45, 7) is 4.51. The minimum atomic E-state index is -0.0469. The van der Waals surface area contributed by atoms with Crippen LogP contribution in [0.25, 0.3) is 0 Å². The van der Waals surface area contributed by atoms with E-state index in [-0.39, 0.29) is 5.91 Å². The highest BCUT2D eigenvalue weighted by atomic mass is 32.1. The minimum absolute atomic E-state index is 0.0469. The third-order valence-electron chi connectivity index (χ3n) is 5.04. The van der Waals surface area contributed by atoms with Crippen molar-refractivity contribution in [3.8, 4) is 0 Å². The van der Waals surface area contributed by atoms with Crippen LogP contribution in [-0.2, 0) is 12.8 Å². The van der Waals surface area contributed by atoms with Crippen LogP contribution in [0.3, 0.4) is 0 Å². The van der Waals surface area contributed by atoms with E-state index >= 15 is 0 Å². The number of carbonyl (C=O) groups excluding carboxylic acids is 1. The first kappa shape index (κ1) is 17.4. The molecule has 1 unspecified atom stereocenters. The number of thiophene rings is 1. The van der Waals surface area contributed by atoms with Gasteiger partial charge in [0.25, 0.3) is 5.91 Å². The molecular formula is C20H28N2OS. The number of nitrogens with one attached hydrogen (secondary N) is 1. The summed E-state index contributed by atoms with van der Waals surface area (Å²) >= 11 is 1.65. The molecule has 24 heavy (non-hydrogen) atoms.